The molecule has 0 saturated heterocycles. The van der Waals surface area contributed by atoms with Gasteiger partial charge in [-0.2, -0.15) is 10.5 Å². The highest BCUT2D eigenvalue weighted by Gasteiger charge is 2.32. The van der Waals surface area contributed by atoms with E-state index < -0.39 is 0 Å². The molecule has 164 valence electrons. The first-order chi connectivity index (χ1) is 16.5. The molecule has 2 aromatic heterocycles. The first kappa shape index (κ1) is 21.2. The van der Waals surface area contributed by atoms with Gasteiger partial charge in [0.05, 0.1) is 11.2 Å². The van der Waals surface area contributed by atoms with E-state index in [1.54, 1.807) is 30.3 Å². The molecule has 34 heavy (non-hydrogen) atoms. The van der Waals surface area contributed by atoms with Gasteiger partial charge < -0.3 is 4.57 Å². The van der Waals surface area contributed by atoms with E-state index in [4.69, 9.17) is 4.98 Å². The van der Waals surface area contributed by atoms with Crippen molar-refractivity contribution in [2.75, 3.05) is 0 Å². The van der Waals surface area contributed by atoms with Gasteiger partial charge in [-0.3, -0.25) is 9.36 Å². The number of fused-ring (bicyclic) bond motifs is 2. The number of allylic oxidation sites excluding steroid dienone is 3. The number of benzene rings is 2. The first-order valence-corrected chi connectivity index (χ1v) is 11.0. The molecule has 0 unspecified atom stereocenters. The molecule has 0 bridgehead atoms. The number of imidazole rings is 1. The van der Waals surface area contributed by atoms with Crippen molar-refractivity contribution in [2.45, 2.75) is 19.8 Å². The topological polar surface area (TPSA) is 87.4 Å². The number of aromatic nitrogens is 3. The zero-order valence-corrected chi connectivity index (χ0v) is 19.1. The van der Waals surface area contributed by atoms with E-state index in [0.29, 0.717) is 22.3 Å². The average Bonchev–Trinajstić information content (AvgIpc) is 3.46. The van der Waals surface area contributed by atoms with Crippen molar-refractivity contribution in [3.05, 3.63) is 94.5 Å². The Morgan fingerprint density at radius 1 is 1.00 bits per heavy atom. The van der Waals surface area contributed by atoms with Gasteiger partial charge in [0.2, 0.25) is 0 Å². The Bertz CT molecular complexity index is 1600. The van der Waals surface area contributed by atoms with E-state index in [9.17, 15) is 15.3 Å². The number of para-hydroxylation sites is 1. The monoisotopic (exact) mass is 443 g/mol. The van der Waals surface area contributed by atoms with Crippen molar-refractivity contribution in [1.29, 1.82) is 10.5 Å². The molecule has 0 spiro atoms. The first-order valence-electron chi connectivity index (χ1n) is 11.0. The molecule has 0 radical (unpaired) electrons. The van der Waals surface area contributed by atoms with Crippen LogP contribution in [0.3, 0.4) is 0 Å². The van der Waals surface area contributed by atoms with Gasteiger partial charge >= 0.3 is 0 Å². The zero-order chi connectivity index (χ0) is 24.0. The minimum atomic E-state index is -0.200. The van der Waals surface area contributed by atoms with Crippen LogP contribution in [0.25, 0.3) is 28.5 Å². The van der Waals surface area contributed by atoms with Gasteiger partial charge in [0.25, 0.3) is 0 Å². The lowest BCUT2D eigenvalue weighted by atomic mass is 9.99. The quantitative estimate of drug-likeness (QED) is 0.306. The fourth-order valence-electron chi connectivity index (χ4n) is 4.63. The Morgan fingerprint density at radius 2 is 1.65 bits per heavy atom. The van der Waals surface area contributed by atoms with Crippen molar-refractivity contribution >= 4 is 28.6 Å². The van der Waals surface area contributed by atoms with Gasteiger partial charge in [-0.15, -0.1) is 0 Å². The molecule has 0 N–H and O–H groups in total. The van der Waals surface area contributed by atoms with Crippen LogP contribution >= 0.6 is 0 Å². The Hall–Kier alpha value is -4.68. The molecule has 0 atom stereocenters. The van der Waals surface area contributed by atoms with Gasteiger partial charge in [-0.05, 0) is 29.8 Å². The zero-order valence-electron chi connectivity index (χ0n) is 19.1. The summed E-state index contributed by atoms with van der Waals surface area (Å²) in [6.45, 7) is 4.21. The summed E-state index contributed by atoms with van der Waals surface area (Å²) in [7, 11) is 1.99. The molecular formula is C28H21N5O. The van der Waals surface area contributed by atoms with Gasteiger partial charge in [0.15, 0.2) is 11.4 Å². The maximum Gasteiger partial charge on any atom is 0.194 e. The summed E-state index contributed by atoms with van der Waals surface area (Å²) in [5.41, 5.74) is 5.13. The molecule has 2 heterocycles. The van der Waals surface area contributed by atoms with E-state index in [-0.39, 0.29) is 17.3 Å². The van der Waals surface area contributed by atoms with Gasteiger partial charge in [0, 0.05) is 35.4 Å². The largest absolute Gasteiger partial charge is 0.330 e. The molecule has 2 aromatic carbocycles. The van der Waals surface area contributed by atoms with Crippen LogP contribution in [0, 0.1) is 22.7 Å². The van der Waals surface area contributed by atoms with Crippen molar-refractivity contribution in [2.24, 2.45) is 7.05 Å². The van der Waals surface area contributed by atoms with Crippen LogP contribution in [0.5, 0.6) is 0 Å². The van der Waals surface area contributed by atoms with Crippen LogP contribution in [0.2, 0.25) is 0 Å². The number of Topliss-reactive ketones (excluding diaryl/α,β-unsaturated/α-hetero) is 1. The summed E-state index contributed by atoms with van der Waals surface area (Å²) in [5.74, 6) is 1.02. The predicted molar refractivity (Wildman–Crippen MR) is 131 cm³/mol. The number of hydrogen-bond acceptors (Lipinski definition) is 4. The third kappa shape index (κ3) is 3.09. The molecule has 0 amide bonds. The number of rotatable bonds is 3. The highest BCUT2D eigenvalue weighted by Crippen LogP contribution is 2.40. The highest BCUT2D eigenvalue weighted by molar-refractivity contribution is 6.29. The average molecular weight is 444 g/mol. The maximum atomic E-state index is 13.4. The molecule has 1 aliphatic rings. The molecule has 0 aliphatic heterocycles. The number of nitrogens with zero attached hydrogens (tertiary/aromatic N) is 5. The second-order valence-electron chi connectivity index (χ2n) is 8.54. The van der Waals surface area contributed by atoms with E-state index in [0.717, 1.165) is 28.4 Å². The second kappa shape index (κ2) is 8.03. The molecule has 1 aliphatic carbocycles. The van der Waals surface area contributed by atoms with Crippen molar-refractivity contribution in [1.82, 2.24) is 14.1 Å². The minimum Gasteiger partial charge on any atom is -0.330 e. The van der Waals surface area contributed by atoms with E-state index >= 15 is 0 Å². The number of hydrogen-bond donors (Lipinski definition) is 0. The lowest BCUT2D eigenvalue weighted by Gasteiger charge is -2.09. The van der Waals surface area contributed by atoms with Gasteiger partial charge in [-0.1, -0.05) is 56.3 Å². The summed E-state index contributed by atoms with van der Waals surface area (Å²) >= 11 is 0. The molecule has 5 rings (SSSR count). The Balaban J connectivity index is 1.83. The molecular weight excluding hydrogens is 422 g/mol. The van der Waals surface area contributed by atoms with E-state index in [2.05, 4.69) is 18.4 Å². The third-order valence-electron chi connectivity index (χ3n) is 6.16. The predicted octanol–water partition coefficient (Wildman–Crippen LogP) is 5.57. The van der Waals surface area contributed by atoms with Crippen molar-refractivity contribution < 1.29 is 4.79 Å². The van der Waals surface area contributed by atoms with Gasteiger partial charge in [0.1, 0.15) is 23.5 Å². The molecule has 6 heteroatoms. The number of carbonyl (C=O) groups is 1. The summed E-state index contributed by atoms with van der Waals surface area (Å²) in [6.07, 6.45) is 1.77. The number of nitriles is 2. The molecule has 0 fully saturated rings. The van der Waals surface area contributed by atoms with Gasteiger partial charge in [-0.25, -0.2) is 4.98 Å². The highest BCUT2D eigenvalue weighted by atomic mass is 16.1. The molecule has 4 aromatic rings. The van der Waals surface area contributed by atoms with Crippen LogP contribution in [0.4, 0.5) is 0 Å². The SMILES string of the molecule is CC(C)c1nc2c(cc(/C=C3\C(=O)c4ccccc4C3=C(C#N)C#N)n2-c2ccccc2)n1C. The van der Waals surface area contributed by atoms with E-state index in [1.807, 2.05) is 60.2 Å². The number of aryl methyl sites for hydroxylation is 1. The van der Waals surface area contributed by atoms with Crippen LogP contribution in [-0.4, -0.2) is 19.9 Å². The standard InChI is InChI=1S/C28H21N5O/c1-17(2)27-31-28-24(32(27)3)14-20(33(28)19-9-5-4-6-10-19)13-23-25(18(15-29)16-30)21-11-7-8-12-22(21)26(23)34/h4-14,17H,1-3H3/b23-13-. The Labute approximate surface area is 197 Å². The van der Waals surface area contributed by atoms with Crippen LogP contribution in [0.1, 0.15) is 47.2 Å². The van der Waals surface area contributed by atoms with Crippen LogP contribution in [-0.2, 0) is 7.05 Å². The summed E-state index contributed by atoms with van der Waals surface area (Å²) in [4.78, 5) is 18.3. The number of carbonyl (C=O) groups excluding carboxylic acids is 1. The number of ketones is 1. The molecule has 0 saturated carbocycles. The smallest absolute Gasteiger partial charge is 0.194 e. The Morgan fingerprint density at radius 3 is 2.29 bits per heavy atom. The Kier molecular flexibility index (Phi) is 5.00. The summed E-state index contributed by atoms with van der Waals surface area (Å²) in [6, 6.07) is 22.9. The normalized spacial score (nSPS) is 14.0. The molecule has 6 nitrogen and oxygen atoms in total. The maximum absolute atomic E-state index is 13.4. The van der Waals surface area contributed by atoms with Crippen molar-refractivity contribution in [3.8, 4) is 17.8 Å². The summed E-state index contributed by atoms with van der Waals surface area (Å²) in [5, 5.41) is 19.3. The van der Waals surface area contributed by atoms with Crippen molar-refractivity contribution in [3.63, 3.8) is 0 Å². The fraction of sp³-hybridized carbons (Fsp3) is 0.143. The van der Waals surface area contributed by atoms with E-state index in [1.165, 1.54) is 0 Å². The third-order valence-corrected chi connectivity index (χ3v) is 6.16. The lowest BCUT2D eigenvalue weighted by Crippen LogP contribution is -2.02. The fourth-order valence-corrected chi connectivity index (χ4v) is 4.63. The van der Waals surface area contributed by atoms with Crippen LogP contribution in [0.15, 0.2) is 71.8 Å². The second-order valence-corrected chi connectivity index (χ2v) is 8.54. The summed E-state index contributed by atoms with van der Waals surface area (Å²) < 4.78 is 4.08. The lowest BCUT2D eigenvalue weighted by molar-refractivity contribution is 0.104. The van der Waals surface area contributed by atoms with Crippen LogP contribution < -0.4 is 0 Å². The minimum absolute atomic E-state index is 0.0767.